The summed E-state index contributed by atoms with van der Waals surface area (Å²) in [6.07, 6.45) is 9.54. The maximum absolute atomic E-state index is 14.0. The van der Waals surface area contributed by atoms with Crippen molar-refractivity contribution in [3.05, 3.63) is 54.9 Å². The first-order chi connectivity index (χ1) is 9.56. The van der Waals surface area contributed by atoms with Gasteiger partial charge in [-0.05, 0) is 6.07 Å². The number of benzene rings is 1. The Labute approximate surface area is 114 Å². The van der Waals surface area contributed by atoms with Gasteiger partial charge in [-0.1, -0.05) is 0 Å². The van der Waals surface area contributed by atoms with Crippen molar-refractivity contribution >= 4 is 0 Å². The van der Waals surface area contributed by atoms with Crippen molar-refractivity contribution in [3.8, 4) is 17.1 Å². The maximum Gasteiger partial charge on any atom is 0.243 e. The van der Waals surface area contributed by atoms with Crippen LogP contribution in [0, 0.1) is 18.0 Å². The van der Waals surface area contributed by atoms with E-state index in [-0.39, 0.29) is 11.3 Å². The van der Waals surface area contributed by atoms with Crippen LogP contribution in [0.3, 0.4) is 0 Å². The van der Waals surface area contributed by atoms with Gasteiger partial charge in [-0.3, -0.25) is 0 Å². The van der Waals surface area contributed by atoms with E-state index in [1.165, 1.54) is 10.6 Å². The van der Waals surface area contributed by atoms with Crippen LogP contribution in [0.15, 0.2) is 36.9 Å². The fraction of sp³-hybridized carbons (Fsp3) is 0.143. The molecule has 0 saturated heterocycles. The third-order valence-electron chi connectivity index (χ3n) is 3.06. The third-order valence-corrected chi connectivity index (χ3v) is 3.06. The van der Waals surface area contributed by atoms with Gasteiger partial charge in [0, 0.05) is 43.5 Å². The SMILES string of the molecule is Cn1ccnc1-c1cc(-n2[c-][n+](C)cc2)c(F)cc1F. The topological polar surface area (TPSA) is 26.6 Å². The summed E-state index contributed by atoms with van der Waals surface area (Å²) in [6, 6.07) is 2.30. The number of rotatable bonds is 2. The molecular formula is C14H12F2N4. The number of hydrogen-bond donors (Lipinski definition) is 0. The minimum Gasteiger partial charge on any atom is -0.334 e. The Morgan fingerprint density at radius 3 is 2.60 bits per heavy atom. The molecule has 0 radical (unpaired) electrons. The van der Waals surface area contributed by atoms with Crippen molar-refractivity contribution in [1.29, 1.82) is 0 Å². The standard InChI is InChI=1S/C14H12F2N4/c1-18-5-6-20(9-18)13-7-10(11(15)8-12(13)16)14-17-3-4-19(14)2/h3-8H,1-2H3. The van der Waals surface area contributed by atoms with E-state index in [9.17, 15) is 8.78 Å². The number of halogens is 2. The summed E-state index contributed by atoms with van der Waals surface area (Å²) < 4.78 is 32.7. The molecule has 0 fully saturated rings. The van der Waals surface area contributed by atoms with Crippen LogP contribution in [-0.2, 0) is 14.1 Å². The first kappa shape index (κ1) is 12.5. The molecule has 0 unspecified atom stereocenters. The minimum absolute atomic E-state index is 0.227. The van der Waals surface area contributed by atoms with Crippen LogP contribution in [-0.4, -0.2) is 14.1 Å². The van der Waals surface area contributed by atoms with Gasteiger partial charge < -0.3 is 13.7 Å². The van der Waals surface area contributed by atoms with Crippen molar-refractivity contribution in [1.82, 2.24) is 14.1 Å². The largest absolute Gasteiger partial charge is 0.334 e. The smallest absolute Gasteiger partial charge is 0.243 e. The summed E-state index contributed by atoms with van der Waals surface area (Å²) in [5, 5.41) is 0. The van der Waals surface area contributed by atoms with Gasteiger partial charge in [-0.15, -0.1) is 0 Å². The van der Waals surface area contributed by atoms with Crippen LogP contribution in [0.5, 0.6) is 0 Å². The number of aryl methyl sites for hydroxylation is 2. The molecule has 0 atom stereocenters. The molecule has 0 spiro atoms. The lowest BCUT2D eigenvalue weighted by Gasteiger charge is -2.09. The molecule has 3 aromatic rings. The number of aromatic nitrogens is 4. The summed E-state index contributed by atoms with van der Waals surface area (Å²) in [7, 11) is 3.53. The molecular weight excluding hydrogens is 262 g/mol. The molecule has 0 aliphatic heterocycles. The van der Waals surface area contributed by atoms with Crippen molar-refractivity contribution < 1.29 is 13.3 Å². The van der Waals surface area contributed by atoms with E-state index in [1.807, 2.05) is 0 Å². The van der Waals surface area contributed by atoms with Gasteiger partial charge in [0.15, 0.2) is 0 Å². The van der Waals surface area contributed by atoms with Gasteiger partial charge >= 0.3 is 0 Å². The Morgan fingerprint density at radius 1 is 1.20 bits per heavy atom. The second-order valence-electron chi connectivity index (χ2n) is 4.52. The molecule has 4 nitrogen and oxygen atoms in total. The number of nitrogens with zero attached hydrogens (tertiary/aromatic N) is 4. The zero-order valence-corrected chi connectivity index (χ0v) is 11.0. The molecule has 0 amide bonds. The first-order valence-corrected chi connectivity index (χ1v) is 5.99. The van der Waals surface area contributed by atoms with Crippen molar-refractivity contribution in [2.45, 2.75) is 0 Å². The van der Waals surface area contributed by atoms with E-state index in [4.69, 9.17) is 0 Å². The van der Waals surface area contributed by atoms with Gasteiger partial charge in [0.1, 0.15) is 17.5 Å². The molecule has 20 heavy (non-hydrogen) atoms. The highest BCUT2D eigenvalue weighted by Crippen LogP contribution is 2.25. The monoisotopic (exact) mass is 274 g/mol. The van der Waals surface area contributed by atoms with Crippen LogP contribution in [0.25, 0.3) is 17.1 Å². The van der Waals surface area contributed by atoms with Gasteiger partial charge in [0.05, 0.1) is 12.7 Å². The highest BCUT2D eigenvalue weighted by Gasteiger charge is 2.15. The predicted octanol–water partition coefficient (Wildman–Crippen LogP) is 1.78. The lowest BCUT2D eigenvalue weighted by atomic mass is 10.1. The molecule has 6 heteroatoms. The molecule has 3 rings (SSSR count). The van der Waals surface area contributed by atoms with Gasteiger partial charge in [-0.2, -0.15) is 0 Å². The second kappa shape index (κ2) is 4.56. The van der Waals surface area contributed by atoms with Gasteiger partial charge in [0.2, 0.25) is 6.33 Å². The van der Waals surface area contributed by atoms with Gasteiger partial charge in [-0.25, -0.2) is 13.8 Å². The maximum atomic E-state index is 14.0. The van der Waals surface area contributed by atoms with Crippen LogP contribution < -0.4 is 4.57 Å². The highest BCUT2D eigenvalue weighted by molar-refractivity contribution is 5.60. The van der Waals surface area contributed by atoms with Crippen molar-refractivity contribution in [2.75, 3.05) is 0 Å². The predicted molar refractivity (Wildman–Crippen MR) is 67.9 cm³/mol. The summed E-state index contributed by atoms with van der Waals surface area (Å²) in [5.74, 6) is -0.842. The molecule has 0 N–H and O–H groups in total. The van der Waals surface area contributed by atoms with Crippen molar-refractivity contribution in [3.63, 3.8) is 0 Å². The third kappa shape index (κ3) is 1.99. The van der Waals surface area contributed by atoms with Crippen LogP contribution >= 0.6 is 0 Å². The molecule has 0 bridgehead atoms. The molecule has 1 aromatic carbocycles. The van der Waals surface area contributed by atoms with E-state index in [1.54, 1.807) is 48.0 Å². The van der Waals surface area contributed by atoms with Crippen LogP contribution in [0.4, 0.5) is 8.78 Å². The zero-order chi connectivity index (χ0) is 14.3. The van der Waals surface area contributed by atoms with E-state index in [0.29, 0.717) is 5.82 Å². The van der Waals surface area contributed by atoms with E-state index < -0.39 is 11.6 Å². The Hall–Kier alpha value is -2.50. The molecule has 2 heterocycles. The summed E-state index contributed by atoms with van der Waals surface area (Å²) in [5.41, 5.74) is 0.476. The lowest BCUT2D eigenvalue weighted by Crippen LogP contribution is -2.24. The normalized spacial score (nSPS) is 11.0. The summed E-state index contributed by atoms with van der Waals surface area (Å²) in [6.45, 7) is 0. The van der Waals surface area contributed by atoms with Crippen LogP contribution in [0.2, 0.25) is 0 Å². The Morgan fingerprint density at radius 2 is 2.00 bits per heavy atom. The minimum atomic E-state index is -0.645. The van der Waals surface area contributed by atoms with Crippen molar-refractivity contribution in [2.24, 2.45) is 14.1 Å². The Kier molecular flexibility index (Phi) is 2.85. The Bertz CT molecular complexity index is 773. The zero-order valence-electron chi connectivity index (χ0n) is 11.0. The summed E-state index contributed by atoms with van der Waals surface area (Å²) in [4.78, 5) is 4.09. The fourth-order valence-electron chi connectivity index (χ4n) is 2.06. The molecule has 0 aliphatic carbocycles. The number of hydrogen-bond acceptors (Lipinski definition) is 1. The molecule has 102 valence electrons. The highest BCUT2D eigenvalue weighted by atomic mass is 19.1. The number of imidazole rings is 2. The molecule has 0 aliphatic rings. The lowest BCUT2D eigenvalue weighted by molar-refractivity contribution is -0.674. The van der Waals surface area contributed by atoms with Gasteiger partial charge in [0.25, 0.3) is 0 Å². The molecule has 2 aromatic heterocycles. The molecule has 0 saturated carbocycles. The summed E-state index contributed by atoms with van der Waals surface area (Å²) >= 11 is 0. The quantitative estimate of drug-likeness (QED) is 0.517. The fourth-order valence-corrected chi connectivity index (χ4v) is 2.06. The van der Waals surface area contributed by atoms with E-state index in [2.05, 4.69) is 11.3 Å². The van der Waals surface area contributed by atoms with E-state index in [0.717, 1.165) is 6.07 Å². The second-order valence-corrected chi connectivity index (χ2v) is 4.52. The average Bonchev–Trinajstić information content (AvgIpc) is 2.99. The van der Waals surface area contributed by atoms with Crippen LogP contribution in [0.1, 0.15) is 0 Å². The Balaban J connectivity index is 2.20. The average molecular weight is 274 g/mol. The first-order valence-electron chi connectivity index (χ1n) is 5.99. The van der Waals surface area contributed by atoms with E-state index >= 15 is 0 Å².